The molecular weight excluding hydrogens is 269 g/mol. The molecule has 1 heterocycles. The number of carbonyl (C=O) groups excluding carboxylic acids is 1. The molecule has 0 N–H and O–H groups in total. The van der Waals surface area contributed by atoms with Crippen LogP contribution in [0.4, 0.5) is 0 Å². The van der Waals surface area contributed by atoms with Crippen molar-refractivity contribution in [1.29, 1.82) is 0 Å². The lowest BCUT2D eigenvalue weighted by Crippen LogP contribution is -2.55. The fourth-order valence-electron chi connectivity index (χ4n) is 3.39. The van der Waals surface area contributed by atoms with Gasteiger partial charge in [-0.2, -0.15) is 0 Å². The number of likely N-dealkylation sites (tertiary alicyclic amines) is 1. The van der Waals surface area contributed by atoms with Gasteiger partial charge in [-0.25, -0.2) is 0 Å². The van der Waals surface area contributed by atoms with Crippen LogP contribution in [-0.2, 0) is 4.79 Å². The minimum Gasteiger partial charge on any atom is -0.342 e. The second-order valence-electron chi connectivity index (χ2n) is 6.64. The summed E-state index contributed by atoms with van der Waals surface area (Å²) in [5.41, 5.74) is -0.325. The average Bonchev–Trinajstić information content (AvgIpc) is 2.25. The van der Waals surface area contributed by atoms with E-state index in [4.69, 9.17) is 23.2 Å². The summed E-state index contributed by atoms with van der Waals surface area (Å²) < 4.78 is -0.680. The van der Waals surface area contributed by atoms with Crippen LogP contribution in [-0.4, -0.2) is 28.2 Å². The Bertz CT molecular complexity index is 325. The Labute approximate surface area is 120 Å². The number of piperidine rings is 1. The van der Waals surface area contributed by atoms with Crippen LogP contribution in [0.5, 0.6) is 0 Å². The van der Waals surface area contributed by atoms with Gasteiger partial charge in [-0.05, 0) is 37.5 Å². The first kappa shape index (κ1) is 14.5. The minimum atomic E-state index is -0.680. The van der Waals surface area contributed by atoms with Gasteiger partial charge in [-0.1, -0.05) is 20.8 Å². The summed E-state index contributed by atoms with van der Waals surface area (Å²) in [7, 11) is 0. The summed E-state index contributed by atoms with van der Waals surface area (Å²) in [6.07, 6.45) is 3.44. The van der Waals surface area contributed by atoms with Crippen molar-refractivity contribution in [2.24, 2.45) is 17.3 Å². The van der Waals surface area contributed by atoms with Gasteiger partial charge < -0.3 is 4.90 Å². The van der Waals surface area contributed by atoms with E-state index >= 15 is 0 Å². The van der Waals surface area contributed by atoms with Gasteiger partial charge in [-0.15, -0.1) is 23.2 Å². The van der Waals surface area contributed by atoms with Gasteiger partial charge in [0, 0.05) is 13.1 Å². The second kappa shape index (κ2) is 4.86. The molecule has 18 heavy (non-hydrogen) atoms. The highest BCUT2D eigenvalue weighted by molar-refractivity contribution is 6.49. The average molecular weight is 292 g/mol. The lowest BCUT2D eigenvalue weighted by molar-refractivity contribution is -0.148. The Kier molecular flexibility index (Phi) is 3.91. The fourth-order valence-corrected chi connectivity index (χ4v) is 4.57. The maximum atomic E-state index is 12.5. The van der Waals surface area contributed by atoms with Crippen molar-refractivity contribution in [2.45, 2.75) is 50.8 Å². The predicted molar refractivity (Wildman–Crippen MR) is 75.9 cm³/mol. The Balaban J connectivity index is 1.89. The molecule has 2 fully saturated rings. The normalized spacial score (nSPS) is 27.1. The first-order chi connectivity index (χ1) is 8.23. The van der Waals surface area contributed by atoms with Gasteiger partial charge in [0.15, 0.2) is 0 Å². The third kappa shape index (κ3) is 2.80. The number of hydrogen-bond donors (Lipinski definition) is 0. The van der Waals surface area contributed by atoms with Gasteiger partial charge in [0.25, 0.3) is 0 Å². The highest BCUT2D eigenvalue weighted by Crippen LogP contribution is 2.55. The molecule has 2 rings (SSSR count). The van der Waals surface area contributed by atoms with E-state index in [1.807, 2.05) is 11.8 Å². The molecule has 0 bridgehead atoms. The first-order valence-electron chi connectivity index (χ1n) is 6.91. The molecule has 0 aromatic carbocycles. The van der Waals surface area contributed by atoms with Crippen molar-refractivity contribution in [2.75, 3.05) is 13.1 Å². The van der Waals surface area contributed by atoms with Gasteiger partial charge in [-0.3, -0.25) is 4.79 Å². The predicted octanol–water partition coefficient (Wildman–Crippen LogP) is 3.86. The van der Waals surface area contributed by atoms with E-state index in [0.29, 0.717) is 12.8 Å². The third-order valence-electron chi connectivity index (χ3n) is 4.58. The van der Waals surface area contributed by atoms with E-state index in [1.165, 1.54) is 0 Å². The number of carbonyl (C=O) groups is 1. The molecule has 0 aromatic rings. The number of nitrogens with zero attached hydrogens (tertiary/aromatic N) is 1. The van der Waals surface area contributed by atoms with E-state index in [2.05, 4.69) is 13.8 Å². The summed E-state index contributed by atoms with van der Waals surface area (Å²) in [5, 5.41) is 0. The highest BCUT2D eigenvalue weighted by Gasteiger charge is 2.55. The molecule has 0 aromatic heterocycles. The topological polar surface area (TPSA) is 20.3 Å². The summed E-state index contributed by atoms with van der Waals surface area (Å²) >= 11 is 12.1. The van der Waals surface area contributed by atoms with Gasteiger partial charge in [0.05, 0.1) is 5.41 Å². The summed E-state index contributed by atoms with van der Waals surface area (Å²) in [5.74, 6) is 1.74. The molecule has 1 amide bonds. The number of amides is 1. The molecular formula is C14H23Cl2NO. The summed E-state index contributed by atoms with van der Waals surface area (Å²) in [6.45, 7) is 8.33. The Morgan fingerprint density at radius 3 is 2.11 bits per heavy atom. The molecule has 0 spiro atoms. The second-order valence-corrected chi connectivity index (χ2v) is 8.28. The molecule has 0 unspecified atom stereocenters. The van der Waals surface area contributed by atoms with E-state index in [0.717, 1.165) is 37.8 Å². The zero-order valence-electron chi connectivity index (χ0n) is 11.5. The van der Waals surface area contributed by atoms with Crippen molar-refractivity contribution in [3.8, 4) is 0 Å². The fraction of sp³-hybridized carbons (Fsp3) is 0.929. The maximum Gasteiger partial charge on any atom is 0.228 e. The molecule has 1 aliphatic heterocycles. The largest absolute Gasteiger partial charge is 0.342 e. The van der Waals surface area contributed by atoms with Crippen molar-refractivity contribution in [3.05, 3.63) is 0 Å². The monoisotopic (exact) mass is 291 g/mol. The van der Waals surface area contributed by atoms with Crippen molar-refractivity contribution < 1.29 is 4.79 Å². The van der Waals surface area contributed by atoms with Crippen molar-refractivity contribution in [3.63, 3.8) is 0 Å². The van der Waals surface area contributed by atoms with Crippen LogP contribution in [0.25, 0.3) is 0 Å². The SMILES string of the molecule is CC(C)C1CCN(C(=O)C2(C)CC(Cl)(Cl)C2)CC1. The molecule has 104 valence electrons. The molecule has 1 saturated carbocycles. The van der Waals surface area contributed by atoms with Crippen LogP contribution in [0, 0.1) is 17.3 Å². The number of hydrogen-bond acceptors (Lipinski definition) is 1. The maximum absolute atomic E-state index is 12.5. The lowest BCUT2D eigenvalue weighted by Gasteiger charge is -2.49. The van der Waals surface area contributed by atoms with Gasteiger partial charge in [0.2, 0.25) is 5.91 Å². The quantitative estimate of drug-likeness (QED) is 0.708. The molecule has 1 saturated heterocycles. The van der Waals surface area contributed by atoms with Gasteiger partial charge in [0.1, 0.15) is 4.33 Å². The van der Waals surface area contributed by atoms with Crippen LogP contribution < -0.4 is 0 Å². The van der Waals surface area contributed by atoms with Crippen LogP contribution in [0.3, 0.4) is 0 Å². The zero-order valence-corrected chi connectivity index (χ0v) is 13.0. The molecule has 4 heteroatoms. The van der Waals surface area contributed by atoms with E-state index < -0.39 is 4.33 Å². The Morgan fingerprint density at radius 2 is 1.72 bits per heavy atom. The van der Waals surface area contributed by atoms with Crippen LogP contribution in [0.1, 0.15) is 46.5 Å². The van der Waals surface area contributed by atoms with E-state index in [1.54, 1.807) is 0 Å². The Hall–Kier alpha value is 0.0500. The van der Waals surface area contributed by atoms with Gasteiger partial charge >= 0.3 is 0 Å². The van der Waals surface area contributed by atoms with Crippen LogP contribution in [0.15, 0.2) is 0 Å². The molecule has 1 aliphatic carbocycles. The van der Waals surface area contributed by atoms with Crippen LogP contribution >= 0.6 is 23.2 Å². The van der Waals surface area contributed by atoms with Crippen molar-refractivity contribution in [1.82, 2.24) is 4.90 Å². The molecule has 2 aliphatic rings. The highest BCUT2D eigenvalue weighted by atomic mass is 35.5. The van der Waals surface area contributed by atoms with E-state index in [-0.39, 0.29) is 11.3 Å². The van der Waals surface area contributed by atoms with E-state index in [9.17, 15) is 4.79 Å². The number of halogens is 2. The first-order valence-corrected chi connectivity index (χ1v) is 7.66. The lowest BCUT2D eigenvalue weighted by atomic mass is 9.68. The smallest absolute Gasteiger partial charge is 0.228 e. The Morgan fingerprint density at radius 1 is 1.22 bits per heavy atom. The standard InChI is InChI=1S/C14H23Cl2NO/c1-10(2)11-4-6-17(7-5-11)12(18)13(3)8-14(15,16)9-13/h10-11H,4-9H2,1-3H3. The molecule has 0 radical (unpaired) electrons. The zero-order chi connectivity index (χ0) is 13.6. The number of rotatable bonds is 2. The molecule has 2 nitrogen and oxygen atoms in total. The number of alkyl halides is 2. The summed E-state index contributed by atoms with van der Waals surface area (Å²) in [4.78, 5) is 14.5. The summed E-state index contributed by atoms with van der Waals surface area (Å²) in [6, 6.07) is 0. The van der Waals surface area contributed by atoms with Crippen LogP contribution in [0.2, 0.25) is 0 Å². The molecule has 0 atom stereocenters. The third-order valence-corrected chi connectivity index (χ3v) is 5.12. The van der Waals surface area contributed by atoms with Crippen molar-refractivity contribution >= 4 is 29.1 Å². The minimum absolute atomic E-state index is 0.252.